The molecule has 0 radical (unpaired) electrons. The summed E-state index contributed by atoms with van der Waals surface area (Å²) in [6.45, 7) is 4.73. The van der Waals surface area contributed by atoms with E-state index in [1.807, 2.05) is 45.0 Å². The zero-order valence-corrected chi connectivity index (χ0v) is 15.7. The highest BCUT2D eigenvalue weighted by Crippen LogP contribution is 2.34. The summed E-state index contributed by atoms with van der Waals surface area (Å²) >= 11 is 7.46. The summed E-state index contributed by atoms with van der Waals surface area (Å²) in [6, 6.07) is 7.39. The van der Waals surface area contributed by atoms with E-state index in [4.69, 9.17) is 16.3 Å². The molecule has 2 amide bonds. The third-order valence-corrected chi connectivity index (χ3v) is 4.69. The first-order valence-corrected chi connectivity index (χ1v) is 8.78. The van der Waals surface area contributed by atoms with E-state index >= 15 is 0 Å². The van der Waals surface area contributed by atoms with Gasteiger partial charge >= 0.3 is 5.97 Å². The van der Waals surface area contributed by atoms with Crippen LogP contribution < -0.4 is 10.6 Å². The lowest BCUT2D eigenvalue weighted by atomic mass is 10.1. The van der Waals surface area contributed by atoms with Gasteiger partial charge in [-0.05, 0) is 26.8 Å². The average molecular weight is 383 g/mol. The fraction of sp³-hybridized carbons (Fsp3) is 0.353. The first kappa shape index (κ1) is 19.2. The lowest BCUT2D eigenvalue weighted by Crippen LogP contribution is -2.43. The van der Waals surface area contributed by atoms with Gasteiger partial charge < -0.3 is 15.4 Å². The zero-order chi connectivity index (χ0) is 18.6. The Bertz CT molecular complexity index is 811. The van der Waals surface area contributed by atoms with Gasteiger partial charge in [-0.2, -0.15) is 0 Å². The molecule has 25 heavy (non-hydrogen) atoms. The Morgan fingerprint density at radius 3 is 2.52 bits per heavy atom. The number of rotatable bonds is 5. The van der Waals surface area contributed by atoms with Gasteiger partial charge in [-0.3, -0.25) is 14.4 Å². The first-order valence-electron chi connectivity index (χ1n) is 7.59. The molecular formula is C17H19ClN2O4S. The highest BCUT2D eigenvalue weighted by Gasteiger charge is 2.19. The largest absolute Gasteiger partial charge is 0.454 e. The number of carbonyl (C=O) groups is 3. The zero-order valence-electron chi connectivity index (χ0n) is 14.1. The molecule has 0 aliphatic heterocycles. The molecule has 0 fully saturated rings. The predicted molar refractivity (Wildman–Crippen MR) is 98.0 cm³/mol. The first-order chi connectivity index (χ1) is 11.7. The lowest BCUT2D eigenvalue weighted by Gasteiger charge is -2.20. The molecule has 0 saturated heterocycles. The molecule has 1 aromatic heterocycles. The molecule has 0 aliphatic carbocycles. The van der Waals surface area contributed by atoms with Crippen LogP contribution >= 0.6 is 22.9 Å². The van der Waals surface area contributed by atoms with Crippen LogP contribution in [0.25, 0.3) is 10.1 Å². The van der Waals surface area contributed by atoms with Gasteiger partial charge in [0.15, 0.2) is 6.61 Å². The van der Waals surface area contributed by atoms with Gasteiger partial charge in [-0.1, -0.05) is 29.8 Å². The summed E-state index contributed by atoms with van der Waals surface area (Å²) in [6.07, 6.45) is 0. The summed E-state index contributed by atoms with van der Waals surface area (Å²) in [5, 5.41) is 6.27. The van der Waals surface area contributed by atoms with Crippen molar-refractivity contribution in [1.82, 2.24) is 10.6 Å². The summed E-state index contributed by atoms with van der Waals surface area (Å²) in [4.78, 5) is 35.8. The minimum absolute atomic E-state index is 0.334. The fourth-order valence-electron chi connectivity index (χ4n) is 2.04. The van der Waals surface area contributed by atoms with Crippen LogP contribution in [-0.4, -0.2) is 36.5 Å². The van der Waals surface area contributed by atoms with Crippen molar-refractivity contribution in [3.63, 3.8) is 0 Å². The topological polar surface area (TPSA) is 84.5 Å². The maximum atomic E-state index is 12.2. The van der Waals surface area contributed by atoms with E-state index in [0.29, 0.717) is 9.90 Å². The van der Waals surface area contributed by atoms with E-state index in [-0.39, 0.29) is 6.54 Å². The molecule has 0 unspecified atom stereocenters. The average Bonchev–Trinajstić information content (AvgIpc) is 2.86. The molecule has 1 aromatic carbocycles. The molecule has 6 nitrogen and oxygen atoms in total. The Hall–Kier alpha value is -2.12. The minimum atomic E-state index is -0.699. The maximum Gasteiger partial charge on any atom is 0.325 e. The van der Waals surface area contributed by atoms with E-state index in [1.54, 1.807) is 0 Å². The number of ether oxygens (including phenoxy) is 1. The monoisotopic (exact) mass is 382 g/mol. The van der Waals surface area contributed by atoms with Crippen LogP contribution in [-0.2, 0) is 14.3 Å². The molecule has 0 aliphatic rings. The van der Waals surface area contributed by atoms with E-state index < -0.39 is 29.9 Å². The van der Waals surface area contributed by atoms with E-state index in [0.717, 1.165) is 10.1 Å². The highest BCUT2D eigenvalue weighted by molar-refractivity contribution is 7.21. The van der Waals surface area contributed by atoms with E-state index in [9.17, 15) is 14.4 Å². The van der Waals surface area contributed by atoms with Crippen molar-refractivity contribution in [3.8, 4) is 0 Å². The Morgan fingerprint density at radius 2 is 1.88 bits per heavy atom. The summed E-state index contributed by atoms with van der Waals surface area (Å²) in [5.74, 6) is -1.56. The normalized spacial score (nSPS) is 11.2. The Labute approximate surface area is 154 Å². The van der Waals surface area contributed by atoms with Crippen molar-refractivity contribution in [1.29, 1.82) is 0 Å². The minimum Gasteiger partial charge on any atom is -0.454 e. The van der Waals surface area contributed by atoms with Crippen LogP contribution in [0.2, 0.25) is 5.02 Å². The van der Waals surface area contributed by atoms with Crippen molar-refractivity contribution in [3.05, 3.63) is 34.2 Å². The second-order valence-electron chi connectivity index (χ2n) is 6.38. The Balaban J connectivity index is 1.86. The number of hydrogen-bond donors (Lipinski definition) is 2. The van der Waals surface area contributed by atoms with Gasteiger partial charge in [-0.25, -0.2) is 0 Å². The van der Waals surface area contributed by atoms with Gasteiger partial charge in [0.2, 0.25) is 0 Å². The standard InChI is InChI=1S/C17H19ClN2O4S/c1-17(2,3)20-12(21)9-24-13(22)8-19-16(23)15-14(18)10-6-4-5-7-11(10)25-15/h4-7H,8-9H2,1-3H3,(H,19,23)(H,20,21). The Morgan fingerprint density at radius 1 is 1.20 bits per heavy atom. The summed E-state index contributed by atoms with van der Waals surface area (Å²) in [7, 11) is 0. The van der Waals surface area contributed by atoms with Crippen molar-refractivity contribution in [2.45, 2.75) is 26.3 Å². The van der Waals surface area contributed by atoms with Crippen LogP contribution in [0.5, 0.6) is 0 Å². The lowest BCUT2D eigenvalue weighted by molar-refractivity contribution is -0.147. The van der Waals surface area contributed by atoms with E-state index in [1.165, 1.54) is 11.3 Å². The number of halogens is 1. The van der Waals surface area contributed by atoms with Crippen LogP contribution in [0.4, 0.5) is 0 Å². The number of hydrogen-bond acceptors (Lipinski definition) is 5. The van der Waals surface area contributed by atoms with Gasteiger partial charge in [0.25, 0.3) is 11.8 Å². The maximum absolute atomic E-state index is 12.2. The second-order valence-corrected chi connectivity index (χ2v) is 7.81. The quantitative estimate of drug-likeness (QED) is 0.779. The fourth-order valence-corrected chi connectivity index (χ4v) is 3.48. The van der Waals surface area contributed by atoms with Gasteiger partial charge in [0.05, 0.1) is 5.02 Å². The van der Waals surface area contributed by atoms with Crippen LogP contribution in [0.3, 0.4) is 0 Å². The molecule has 2 rings (SSSR count). The number of thiophene rings is 1. The Kier molecular flexibility index (Phi) is 6.02. The molecule has 0 spiro atoms. The molecule has 1 heterocycles. The molecule has 2 N–H and O–H groups in total. The second kappa shape index (κ2) is 7.84. The predicted octanol–water partition coefficient (Wildman–Crippen LogP) is 2.74. The third-order valence-electron chi connectivity index (χ3n) is 3.01. The molecule has 8 heteroatoms. The number of nitrogens with one attached hydrogen (secondary N) is 2. The third kappa shape index (κ3) is 5.44. The number of fused-ring (bicyclic) bond motifs is 1. The molecule has 134 valence electrons. The van der Waals surface area contributed by atoms with Crippen molar-refractivity contribution < 1.29 is 19.1 Å². The van der Waals surface area contributed by atoms with Gasteiger partial charge in [0, 0.05) is 15.6 Å². The van der Waals surface area contributed by atoms with Crippen molar-refractivity contribution in [2.75, 3.05) is 13.2 Å². The van der Waals surface area contributed by atoms with Crippen LogP contribution in [0.1, 0.15) is 30.4 Å². The van der Waals surface area contributed by atoms with Gasteiger partial charge in [-0.15, -0.1) is 11.3 Å². The van der Waals surface area contributed by atoms with E-state index in [2.05, 4.69) is 10.6 Å². The van der Waals surface area contributed by atoms with Crippen molar-refractivity contribution in [2.24, 2.45) is 0 Å². The number of benzene rings is 1. The molecule has 0 atom stereocenters. The number of esters is 1. The number of amides is 2. The smallest absolute Gasteiger partial charge is 0.325 e. The molecular weight excluding hydrogens is 364 g/mol. The SMILES string of the molecule is CC(C)(C)NC(=O)COC(=O)CNC(=O)c1sc2ccccc2c1Cl. The summed E-state index contributed by atoms with van der Waals surface area (Å²) in [5.41, 5.74) is -0.407. The summed E-state index contributed by atoms with van der Waals surface area (Å²) < 4.78 is 5.72. The number of carbonyl (C=O) groups excluding carboxylic acids is 3. The molecule has 0 bridgehead atoms. The highest BCUT2D eigenvalue weighted by atomic mass is 35.5. The van der Waals surface area contributed by atoms with Crippen molar-refractivity contribution >= 4 is 50.8 Å². The molecule has 2 aromatic rings. The van der Waals surface area contributed by atoms with Crippen LogP contribution in [0, 0.1) is 0 Å². The van der Waals surface area contributed by atoms with Gasteiger partial charge in [0.1, 0.15) is 11.4 Å². The molecule has 0 saturated carbocycles. The van der Waals surface area contributed by atoms with Crippen LogP contribution in [0.15, 0.2) is 24.3 Å².